The first-order valence-electron chi connectivity index (χ1n) is 8.87. The van der Waals surface area contributed by atoms with Crippen molar-refractivity contribution in [2.45, 2.75) is 19.7 Å². The lowest BCUT2D eigenvalue weighted by atomic mass is 10.1. The van der Waals surface area contributed by atoms with E-state index in [2.05, 4.69) is 9.72 Å². The smallest absolute Gasteiger partial charge is 0.493 e. The Labute approximate surface area is 170 Å². The first-order chi connectivity index (χ1) is 14.3. The Morgan fingerprint density at radius 2 is 1.67 bits per heavy atom. The highest BCUT2D eigenvalue weighted by molar-refractivity contribution is 5.99. The molecule has 0 saturated carbocycles. The van der Waals surface area contributed by atoms with Gasteiger partial charge in [-0.3, -0.25) is 9.78 Å². The Morgan fingerprint density at radius 3 is 2.30 bits per heavy atom. The molecule has 6 nitrogen and oxygen atoms in total. The number of fused-ring (bicyclic) bond motifs is 1. The fourth-order valence-electron chi connectivity index (χ4n) is 2.86. The van der Waals surface area contributed by atoms with E-state index in [9.17, 15) is 18.0 Å². The summed E-state index contributed by atoms with van der Waals surface area (Å²) in [5.41, 5.74) is 0.523. The van der Waals surface area contributed by atoms with Gasteiger partial charge in [0, 0.05) is 24.1 Å². The topological polar surface area (TPSA) is 66.9 Å². The second-order valence-corrected chi connectivity index (χ2v) is 6.12. The van der Waals surface area contributed by atoms with Crippen molar-refractivity contribution in [3.63, 3.8) is 0 Å². The van der Waals surface area contributed by atoms with Crippen molar-refractivity contribution < 1.29 is 36.9 Å². The maximum Gasteiger partial charge on any atom is 0.573 e. The van der Waals surface area contributed by atoms with Crippen LogP contribution in [0.5, 0.6) is 28.7 Å². The summed E-state index contributed by atoms with van der Waals surface area (Å²) in [4.78, 5) is 16.6. The highest BCUT2D eigenvalue weighted by atomic mass is 19.4. The quantitative estimate of drug-likeness (QED) is 0.467. The Bertz CT molecular complexity index is 1080. The SMILES string of the molecule is CCC(=O)c1cc(OC(F)(F)F)ccc1Oc1ccnc2cc(OC)c(OC)cc12. The van der Waals surface area contributed by atoms with Crippen LogP contribution < -0.4 is 18.9 Å². The number of alkyl halides is 3. The van der Waals surface area contributed by atoms with Crippen LogP contribution in [0.4, 0.5) is 13.2 Å². The molecular formula is C21H18F3NO5. The molecule has 3 aromatic rings. The van der Waals surface area contributed by atoms with E-state index in [-0.39, 0.29) is 17.7 Å². The molecule has 0 amide bonds. The third kappa shape index (κ3) is 4.56. The van der Waals surface area contributed by atoms with Crippen LogP contribution in [0.3, 0.4) is 0 Å². The van der Waals surface area contributed by atoms with Gasteiger partial charge in [0.05, 0.1) is 25.3 Å². The van der Waals surface area contributed by atoms with Crippen molar-refractivity contribution in [3.8, 4) is 28.7 Å². The first kappa shape index (κ1) is 21.2. The zero-order valence-corrected chi connectivity index (χ0v) is 16.4. The lowest BCUT2D eigenvalue weighted by Crippen LogP contribution is -2.17. The lowest BCUT2D eigenvalue weighted by molar-refractivity contribution is -0.274. The molecule has 0 atom stereocenters. The van der Waals surface area contributed by atoms with Gasteiger partial charge in [0.25, 0.3) is 0 Å². The molecule has 0 aliphatic carbocycles. The zero-order valence-electron chi connectivity index (χ0n) is 16.4. The number of nitrogens with zero attached hydrogens (tertiary/aromatic N) is 1. The molecule has 1 aromatic heterocycles. The third-order valence-corrected chi connectivity index (χ3v) is 4.23. The summed E-state index contributed by atoms with van der Waals surface area (Å²) >= 11 is 0. The average molecular weight is 421 g/mol. The van der Waals surface area contributed by atoms with Crippen LogP contribution in [0.25, 0.3) is 10.9 Å². The van der Waals surface area contributed by atoms with Crippen LogP contribution >= 0.6 is 0 Å². The Hall–Kier alpha value is -3.49. The molecule has 158 valence electrons. The first-order valence-corrected chi connectivity index (χ1v) is 8.87. The maximum absolute atomic E-state index is 12.5. The molecule has 2 aromatic carbocycles. The maximum atomic E-state index is 12.5. The average Bonchev–Trinajstić information content (AvgIpc) is 2.72. The monoisotopic (exact) mass is 421 g/mol. The summed E-state index contributed by atoms with van der Waals surface area (Å²) in [5.74, 6) is 0.467. The van der Waals surface area contributed by atoms with Crippen molar-refractivity contribution in [1.29, 1.82) is 0 Å². The largest absolute Gasteiger partial charge is 0.573 e. The minimum Gasteiger partial charge on any atom is -0.493 e. The van der Waals surface area contributed by atoms with Gasteiger partial charge in [-0.05, 0) is 30.3 Å². The van der Waals surface area contributed by atoms with E-state index in [4.69, 9.17) is 14.2 Å². The number of halogens is 3. The predicted octanol–water partition coefficient (Wildman–Crippen LogP) is 5.54. The number of ketones is 1. The van der Waals surface area contributed by atoms with E-state index >= 15 is 0 Å². The zero-order chi connectivity index (χ0) is 21.9. The Morgan fingerprint density at radius 1 is 0.967 bits per heavy atom. The minimum absolute atomic E-state index is 0.0234. The summed E-state index contributed by atoms with van der Waals surface area (Å²) in [6.07, 6.45) is -3.29. The van der Waals surface area contributed by atoms with E-state index < -0.39 is 17.9 Å². The molecule has 0 unspecified atom stereocenters. The normalized spacial score (nSPS) is 11.3. The van der Waals surface area contributed by atoms with Gasteiger partial charge in [-0.15, -0.1) is 13.2 Å². The summed E-state index contributed by atoms with van der Waals surface area (Å²) in [5, 5.41) is 0.570. The number of methoxy groups -OCH3 is 2. The number of benzene rings is 2. The molecule has 0 bridgehead atoms. The van der Waals surface area contributed by atoms with Crippen molar-refractivity contribution in [2.75, 3.05) is 14.2 Å². The van der Waals surface area contributed by atoms with E-state index in [1.807, 2.05) is 0 Å². The minimum atomic E-state index is -4.87. The fourth-order valence-corrected chi connectivity index (χ4v) is 2.86. The second-order valence-electron chi connectivity index (χ2n) is 6.12. The van der Waals surface area contributed by atoms with Gasteiger partial charge in [-0.2, -0.15) is 0 Å². The van der Waals surface area contributed by atoms with Crippen molar-refractivity contribution in [3.05, 3.63) is 48.2 Å². The van der Waals surface area contributed by atoms with Gasteiger partial charge < -0.3 is 18.9 Å². The van der Waals surface area contributed by atoms with E-state index in [1.165, 1.54) is 26.5 Å². The number of rotatable bonds is 7. The van der Waals surface area contributed by atoms with Gasteiger partial charge >= 0.3 is 6.36 Å². The van der Waals surface area contributed by atoms with Crippen LogP contribution in [0.1, 0.15) is 23.7 Å². The standard InChI is InChI=1S/C21H18F3NO5/c1-4-16(26)14-9-12(30-21(22,23)24)5-6-17(14)29-18-7-8-25-15-11-20(28-3)19(27-2)10-13(15)18/h5-11H,4H2,1-3H3. The molecule has 0 saturated heterocycles. The van der Waals surface area contributed by atoms with Gasteiger partial charge in [-0.25, -0.2) is 0 Å². The molecule has 0 N–H and O–H groups in total. The van der Waals surface area contributed by atoms with Crippen LogP contribution in [0.15, 0.2) is 42.6 Å². The van der Waals surface area contributed by atoms with Gasteiger partial charge in [0.1, 0.15) is 17.2 Å². The second kappa shape index (κ2) is 8.48. The van der Waals surface area contributed by atoms with Crippen molar-refractivity contribution in [1.82, 2.24) is 4.98 Å². The Kier molecular flexibility index (Phi) is 6.00. The summed E-state index contributed by atoms with van der Waals surface area (Å²) in [7, 11) is 2.98. The number of Topliss-reactive ketones (excluding diaryl/α,β-unsaturated/α-hetero) is 1. The molecule has 9 heteroatoms. The van der Waals surface area contributed by atoms with Crippen molar-refractivity contribution in [2.24, 2.45) is 0 Å². The number of hydrogen-bond acceptors (Lipinski definition) is 6. The fraction of sp³-hybridized carbons (Fsp3) is 0.238. The highest BCUT2D eigenvalue weighted by Gasteiger charge is 2.31. The number of carbonyl (C=O) groups excluding carboxylic acids is 1. The summed E-state index contributed by atoms with van der Waals surface area (Å²) in [6, 6.07) is 8.27. The predicted molar refractivity (Wildman–Crippen MR) is 103 cm³/mol. The number of carbonyl (C=O) groups is 1. The number of aromatic nitrogens is 1. The molecule has 30 heavy (non-hydrogen) atoms. The van der Waals surface area contributed by atoms with Crippen molar-refractivity contribution >= 4 is 16.7 Å². The van der Waals surface area contributed by atoms with Crippen LogP contribution in [0.2, 0.25) is 0 Å². The number of hydrogen-bond donors (Lipinski definition) is 0. The van der Waals surface area contributed by atoms with Gasteiger partial charge in [0.15, 0.2) is 17.3 Å². The summed E-state index contributed by atoms with van der Waals surface area (Å²) < 4.78 is 58.0. The van der Waals surface area contributed by atoms with Gasteiger partial charge in [0.2, 0.25) is 0 Å². The van der Waals surface area contributed by atoms with E-state index in [1.54, 1.807) is 25.1 Å². The Balaban J connectivity index is 2.07. The number of ether oxygens (including phenoxy) is 4. The molecule has 0 spiro atoms. The summed E-state index contributed by atoms with van der Waals surface area (Å²) in [6.45, 7) is 1.60. The van der Waals surface area contributed by atoms with Gasteiger partial charge in [-0.1, -0.05) is 6.92 Å². The highest BCUT2D eigenvalue weighted by Crippen LogP contribution is 2.38. The lowest BCUT2D eigenvalue weighted by Gasteiger charge is -2.15. The molecule has 1 heterocycles. The van der Waals surface area contributed by atoms with E-state index in [0.29, 0.717) is 28.2 Å². The molecule has 0 aliphatic rings. The third-order valence-electron chi connectivity index (χ3n) is 4.23. The molecule has 0 fully saturated rings. The van der Waals surface area contributed by atoms with Crippen LogP contribution in [-0.4, -0.2) is 31.3 Å². The molecule has 3 rings (SSSR count). The number of pyridine rings is 1. The molecule has 0 aliphatic heterocycles. The van der Waals surface area contributed by atoms with Crippen LogP contribution in [-0.2, 0) is 0 Å². The van der Waals surface area contributed by atoms with Crippen LogP contribution in [0, 0.1) is 0 Å². The molecule has 0 radical (unpaired) electrons. The van der Waals surface area contributed by atoms with E-state index in [0.717, 1.165) is 12.1 Å². The molecular weight excluding hydrogens is 403 g/mol.